The average molecular weight is 157 g/mol. The number of aromatic nitrogens is 2. The third-order valence-corrected chi connectivity index (χ3v) is 1.81. The van der Waals surface area contributed by atoms with Gasteiger partial charge in [0.05, 0.1) is 5.69 Å². The summed E-state index contributed by atoms with van der Waals surface area (Å²) in [5.41, 5.74) is 3.28. The SMILES string of the molecule is Cc1c[nH]nc1-c1c[c]ccc1. The molecule has 1 aromatic carbocycles. The van der Waals surface area contributed by atoms with Crippen molar-refractivity contribution in [2.24, 2.45) is 0 Å². The van der Waals surface area contributed by atoms with Crippen molar-refractivity contribution in [2.75, 3.05) is 0 Å². The Hall–Kier alpha value is -1.57. The lowest BCUT2D eigenvalue weighted by Gasteiger charge is -1.95. The Balaban J connectivity index is 2.51. The van der Waals surface area contributed by atoms with Crippen molar-refractivity contribution < 1.29 is 0 Å². The van der Waals surface area contributed by atoms with Gasteiger partial charge in [-0.25, -0.2) is 0 Å². The molecule has 2 aromatic rings. The highest BCUT2D eigenvalue weighted by molar-refractivity contribution is 5.61. The number of hydrogen-bond acceptors (Lipinski definition) is 1. The molecule has 0 fully saturated rings. The smallest absolute Gasteiger partial charge is 0.0949 e. The van der Waals surface area contributed by atoms with Crippen LogP contribution in [0.5, 0.6) is 0 Å². The molecule has 0 atom stereocenters. The van der Waals surface area contributed by atoms with E-state index in [-0.39, 0.29) is 0 Å². The minimum Gasteiger partial charge on any atom is -0.285 e. The second kappa shape index (κ2) is 2.81. The van der Waals surface area contributed by atoms with Gasteiger partial charge < -0.3 is 0 Å². The fraction of sp³-hybridized carbons (Fsp3) is 0.100. The lowest BCUT2D eigenvalue weighted by molar-refractivity contribution is 1.10. The quantitative estimate of drug-likeness (QED) is 0.675. The predicted octanol–water partition coefficient (Wildman–Crippen LogP) is 2.19. The molecular formula is C10H9N2. The van der Waals surface area contributed by atoms with E-state index in [1.54, 1.807) is 0 Å². The maximum atomic E-state index is 4.14. The summed E-state index contributed by atoms with van der Waals surface area (Å²) in [5, 5.41) is 6.97. The Morgan fingerprint density at radius 2 is 2.42 bits per heavy atom. The zero-order valence-corrected chi connectivity index (χ0v) is 6.83. The zero-order valence-electron chi connectivity index (χ0n) is 6.83. The number of nitrogens with zero attached hydrogens (tertiary/aromatic N) is 1. The van der Waals surface area contributed by atoms with Crippen LogP contribution >= 0.6 is 0 Å². The molecule has 0 spiro atoms. The first-order valence-electron chi connectivity index (χ1n) is 3.85. The first-order valence-corrected chi connectivity index (χ1v) is 3.85. The van der Waals surface area contributed by atoms with Crippen molar-refractivity contribution in [3.63, 3.8) is 0 Å². The number of aryl methyl sites for hydroxylation is 1. The second-order valence-corrected chi connectivity index (χ2v) is 2.71. The van der Waals surface area contributed by atoms with E-state index in [1.807, 2.05) is 37.4 Å². The van der Waals surface area contributed by atoms with Gasteiger partial charge in [0.2, 0.25) is 0 Å². The molecule has 12 heavy (non-hydrogen) atoms. The summed E-state index contributed by atoms with van der Waals surface area (Å²) < 4.78 is 0. The van der Waals surface area contributed by atoms with E-state index < -0.39 is 0 Å². The summed E-state index contributed by atoms with van der Waals surface area (Å²) in [4.78, 5) is 0. The first-order chi connectivity index (χ1) is 5.88. The molecule has 0 unspecified atom stereocenters. The molecular weight excluding hydrogens is 148 g/mol. The highest BCUT2D eigenvalue weighted by Crippen LogP contribution is 2.18. The summed E-state index contributed by atoms with van der Waals surface area (Å²) >= 11 is 0. The maximum Gasteiger partial charge on any atom is 0.0949 e. The average Bonchev–Trinajstić information content (AvgIpc) is 2.53. The Labute approximate surface area is 71.3 Å². The number of aromatic amines is 1. The molecule has 0 saturated carbocycles. The normalized spacial score (nSPS) is 10.1. The Bertz CT molecular complexity index is 362. The lowest BCUT2D eigenvalue weighted by Crippen LogP contribution is -1.79. The molecule has 59 valence electrons. The number of rotatable bonds is 1. The molecule has 0 saturated heterocycles. The van der Waals surface area contributed by atoms with Crippen LogP contribution in [0.4, 0.5) is 0 Å². The Morgan fingerprint density at radius 1 is 1.50 bits per heavy atom. The van der Waals surface area contributed by atoms with Crippen LogP contribution in [0.15, 0.2) is 30.5 Å². The summed E-state index contributed by atoms with van der Waals surface area (Å²) in [6.07, 6.45) is 1.89. The molecule has 1 aromatic heterocycles. The second-order valence-electron chi connectivity index (χ2n) is 2.71. The molecule has 0 amide bonds. The highest BCUT2D eigenvalue weighted by atomic mass is 15.1. The van der Waals surface area contributed by atoms with Crippen molar-refractivity contribution in [1.29, 1.82) is 0 Å². The van der Waals surface area contributed by atoms with Crippen LogP contribution in [0.3, 0.4) is 0 Å². The van der Waals surface area contributed by atoms with Gasteiger partial charge in [0.15, 0.2) is 0 Å². The standard InChI is InChI=1S/C10H9N2/c1-8-7-11-12-10(8)9-5-3-2-4-6-9/h2-3,5-7H,1H3,(H,11,12). The maximum absolute atomic E-state index is 4.14. The molecule has 2 nitrogen and oxygen atoms in total. The molecule has 0 bridgehead atoms. The van der Waals surface area contributed by atoms with Gasteiger partial charge in [-0.2, -0.15) is 5.10 Å². The zero-order chi connectivity index (χ0) is 8.39. The van der Waals surface area contributed by atoms with Crippen LogP contribution in [0.2, 0.25) is 0 Å². The van der Waals surface area contributed by atoms with Crippen molar-refractivity contribution in [3.8, 4) is 11.3 Å². The molecule has 1 heterocycles. The summed E-state index contributed by atoms with van der Waals surface area (Å²) in [7, 11) is 0. The molecule has 1 N–H and O–H groups in total. The largest absolute Gasteiger partial charge is 0.285 e. The van der Waals surface area contributed by atoms with E-state index in [0.29, 0.717) is 0 Å². The molecule has 2 rings (SSSR count). The van der Waals surface area contributed by atoms with Crippen LogP contribution in [-0.2, 0) is 0 Å². The highest BCUT2D eigenvalue weighted by Gasteiger charge is 2.01. The molecule has 0 aliphatic carbocycles. The molecule has 2 heteroatoms. The van der Waals surface area contributed by atoms with Gasteiger partial charge in [0.25, 0.3) is 0 Å². The van der Waals surface area contributed by atoms with Gasteiger partial charge in [-0.05, 0) is 24.6 Å². The number of nitrogens with one attached hydrogen (secondary N) is 1. The summed E-state index contributed by atoms with van der Waals surface area (Å²) in [6.45, 7) is 2.03. The van der Waals surface area contributed by atoms with E-state index >= 15 is 0 Å². The first kappa shape index (κ1) is 7.10. The Morgan fingerprint density at radius 3 is 3.00 bits per heavy atom. The van der Waals surface area contributed by atoms with Crippen LogP contribution in [0, 0.1) is 13.0 Å². The van der Waals surface area contributed by atoms with Gasteiger partial charge in [-0.15, -0.1) is 0 Å². The van der Waals surface area contributed by atoms with Crippen LogP contribution in [-0.4, -0.2) is 10.2 Å². The third kappa shape index (κ3) is 1.11. The van der Waals surface area contributed by atoms with Gasteiger partial charge in [-0.1, -0.05) is 18.2 Å². The topological polar surface area (TPSA) is 28.7 Å². The van der Waals surface area contributed by atoms with Crippen molar-refractivity contribution in [1.82, 2.24) is 10.2 Å². The van der Waals surface area contributed by atoms with Crippen LogP contribution in [0.25, 0.3) is 11.3 Å². The van der Waals surface area contributed by atoms with E-state index in [0.717, 1.165) is 16.8 Å². The van der Waals surface area contributed by atoms with Crippen LogP contribution < -0.4 is 0 Å². The molecule has 0 aliphatic rings. The summed E-state index contributed by atoms with van der Waals surface area (Å²) in [6, 6.07) is 10.8. The summed E-state index contributed by atoms with van der Waals surface area (Å²) in [5.74, 6) is 0. The van der Waals surface area contributed by atoms with E-state index in [1.165, 1.54) is 0 Å². The van der Waals surface area contributed by atoms with Gasteiger partial charge in [0, 0.05) is 11.8 Å². The lowest BCUT2D eigenvalue weighted by atomic mass is 10.1. The third-order valence-electron chi connectivity index (χ3n) is 1.81. The minimum absolute atomic E-state index is 1.01. The number of benzene rings is 1. The fourth-order valence-corrected chi connectivity index (χ4v) is 1.18. The van der Waals surface area contributed by atoms with Crippen molar-refractivity contribution >= 4 is 0 Å². The number of H-pyrrole nitrogens is 1. The van der Waals surface area contributed by atoms with E-state index in [4.69, 9.17) is 0 Å². The fourth-order valence-electron chi connectivity index (χ4n) is 1.18. The van der Waals surface area contributed by atoms with E-state index in [2.05, 4.69) is 16.3 Å². The van der Waals surface area contributed by atoms with Crippen LogP contribution in [0.1, 0.15) is 5.56 Å². The molecule has 1 radical (unpaired) electrons. The predicted molar refractivity (Wildman–Crippen MR) is 47.6 cm³/mol. The minimum atomic E-state index is 1.01. The van der Waals surface area contributed by atoms with Gasteiger partial charge in [-0.3, -0.25) is 5.10 Å². The molecule has 0 aliphatic heterocycles. The number of hydrogen-bond donors (Lipinski definition) is 1. The van der Waals surface area contributed by atoms with Crippen molar-refractivity contribution in [2.45, 2.75) is 6.92 Å². The van der Waals surface area contributed by atoms with Gasteiger partial charge in [0.1, 0.15) is 0 Å². The van der Waals surface area contributed by atoms with Crippen molar-refractivity contribution in [3.05, 3.63) is 42.1 Å². The monoisotopic (exact) mass is 157 g/mol. The van der Waals surface area contributed by atoms with Gasteiger partial charge >= 0.3 is 0 Å². The van der Waals surface area contributed by atoms with E-state index in [9.17, 15) is 0 Å². The Kier molecular flexibility index (Phi) is 1.67.